The van der Waals surface area contributed by atoms with Crippen LogP contribution in [0.4, 0.5) is 5.69 Å². The van der Waals surface area contributed by atoms with Crippen molar-refractivity contribution in [2.45, 2.75) is 12.0 Å². The monoisotopic (exact) mass is 207 g/mol. The number of aliphatic carboxylic acids is 1. The summed E-state index contributed by atoms with van der Waals surface area (Å²) < 4.78 is 0. The van der Waals surface area contributed by atoms with Gasteiger partial charge in [0, 0.05) is 11.3 Å². The van der Waals surface area contributed by atoms with Crippen molar-refractivity contribution in [1.82, 2.24) is 0 Å². The summed E-state index contributed by atoms with van der Waals surface area (Å²) in [6.45, 7) is 0. The van der Waals surface area contributed by atoms with Crippen LogP contribution < -0.4 is 5.32 Å². The van der Waals surface area contributed by atoms with E-state index in [1.807, 2.05) is 0 Å². The Labute approximate surface area is 85.3 Å². The van der Waals surface area contributed by atoms with Gasteiger partial charge in [-0.2, -0.15) is 0 Å². The third-order valence-electron chi connectivity index (χ3n) is 2.40. The molecule has 2 rings (SSSR count). The molecule has 5 heteroatoms. The Balaban J connectivity index is 2.49. The van der Waals surface area contributed by atoms with E-state index in [4.69, 9.17) is 5.11 Å². The predicted molar refractivity (Wildman–Crippen MR) is 51.2 cm³/mol. The molecule has 1 heterocycles. The van der Waals surface area contributed by atoms with Crippen molar-refractivity contribution in [3.05, 3.63) is 29.8 Å². The summed E-state index contributed by atoms with van der Waals surface area (Å²) in [5.41, 5.74) is -1.16. The van der Waals surface area contributed by atoms with Crippen molar-refractivity contribution >= 4 is 17.6 Å². The Kier molecular flexibility index (Phi) is 1.97. The molecule has 1 aromatic carbocycles. The lowest BCUT2D eigenvalue weighted by molar-refractivity contribution is -0.149. The van der Waals surface area contributed by atoms with Crippen LogP contribution in [-0.4, -0.2) is 22.1 Å². The summed E-state index contributed by atoms with van der Waals surface area (Å²) in [5.74, 6) is -1.91. The average Bonchev–Trinajstić information content (AvgIpc) is 2.39. The molecule has 5 nitrogen and oxygen atoms in total. The van der Waals surface area contributed by atoms with E-state index in [2.05, 4.69) is 5.32 Å². The fourth-order valence-corrected chi connectivity index (χ4v) is 1.70. The molecule has 0 fully saturated rings. The topological polar surface area (TPSA) is 86.6 Å². The van der Waals surface area contributed by atoms with Crippen LogP contribution in [0.2, 0.25) is 0 Å². The van der Waals surface area contributed by atoms with Crippen LogP contribution in [0, 0.1) is 0 Å². The minimum Gasteiger partial charge on any atom is -0.481 e. The molecule has 1 aliphatic rings. The van der Waals surface area contributed by atoms with Crippen LogP contribution in [0.3, 0.4) is 0 Å². The fourth-order valence-electron chi connectivity index (χ4n) is 1.70. The summed E-state index contributed by atoms with van der Waals surface area (Å²) >= 11 is 0. The molecule has 1 aromatic rings. The normalized spacial score (nSPS) is 23.4. The van der Waals surface area contributed by atoms with E-state index >= 15 is 0 Å². The number of fused-ring (bicyclic) bond motifs is 1. The van der Waals surface area contributed by atoms with Crippen LogP contribution in [-0.2, 0) is 15.2 Å². The van der Waals surface area contributed by atoms with Gasteiger partial charge < -0.3 is 15.5 Å². The van der Waals surface area contributed by atoms with Crippen LogP contribution in [0.15, 0.2) is 24.3 Å². The number of hydrogen-bond acceptors (Lipinski definition) is 3. The molecule has 0 saturated carbocycles. The lowest BCUT2D eigenvalue weighted by Gasteiger charge is -2.17. The molecule has 0 spiro atoms. The molecule has 0 aliphatic carbocycles. The van der Waals surface area contributed by atoms with Gasteiger partial charge in [0.15, 0.2) is 5.60 Å². The Bertz CT molecular complexity index is 443. The van der Waals surface area contributed by atoms with E-state index in [-0.39, 0.29) is 0 Å². The number of amides is 1. The van der Waals surface area contributed by atoms with Gasteiger partial charge in [0.05, 0.1) is 6.42 Å². The standard InChI is InChI=1S/C10H9NO4/c12-8(13)5-10(15)6-3-1-2-4-7(6)11-9(10)14/h1-4,15H,5H2,(H,11,14)(H,12,13)/t10-/m0/s1. The molecule has 0 unspecified atom stereocenters. The second-order valence-electron chi connectivity index (χ2n) is 3.43. The Hall–Kier alpha value is -1.88. The maximum atomic E-state index is 11.5. The lowest BCUT2D eigenvalue weighted by Crippen LogP contribution is -2.36. The van der Waals surface area contributed by atoms with Gasteiger partial charge in [-0.25, -0.2) is 0 Å². The first-order valence-corrected chi connectivity index (χ1v) is 4.39. The highest BCUT2D eigenvalue weighted by Gasteiger charge is 2.46. The molecular formula is C10H9NO4. The van der Waals surface area contributed by atoms with E-state index in [9.17, 15) is 14.7 Å². The van der Waals surface area contributed by atoms with E-state index in [0.717, 1.165) is 0 Å². The largest absolute Gasteiger partial charge is 0.481 e. The minimum atomic E-state index is -1.94. The Morgan fingerprint density at radius 2 is 2.07 bits per heavy atom. The van der Waals surface area contributed by atoms with E-state index < -0.39 is 23.9 Å². The quantitative estimate of drug-likeness (QED) is 0.651. The van der Waals surface area contributed by atoms with Crippen molar-refractivity contribution in [3.63, 3.8) is 0 Å². The maximum Gasteiger partial charge on any atom is 0.307 e. The van der Waals surface area contributed by atoms with Crippen LogP contribution in [0.5, 0.6) is 0 Å². The number of carboxylic acids is 1. The molecule has 1 aliphatic heterocycles. The number of carbonyl (C=O) groups excluding carboxylic acids is 1. The first-order valence-electron chi connectivity index (χ1n) is 4.39. The highest BCUT2D eigenvalue weighted by molar-refractivity contribution is 6.06. The summed E-state index contributed by atoms with van der Waals surface area (Å²) in [5, 5.41) is 21.1. The predicted octanol–water partition coefficient (Wildman–Crippen LogP) is 0.301. The van der Waals surface area contributed by atoms with Gasteiger partial charge in [-0.15, -0.1) is 0 Å². The van der Waals surface area contributed by atoms with Crippen molar-refractivity contribution < 1.29 is 19.8 Å². The van der Waals surface area contributed by atoms with Crippen molar-refractivity contribution in [2.24, 2.45) is 0 Å². The third-order valence-corrected chi connectivity index (χ3v) is 2.40. The number of rotatable bonds is 2. The number of nitrogens with one attached hydrogen (secondary N) is 1. The van der Waals surface area contributed by atoms with Crippen molar-refractivity contribution in [3.8, 4) is 0 Å². The molecule has 1 atom stereocenters. The Morgan fingerprint density at radius 3 is 2.73 bits per heavy atom. The van der Waals surface area contributed by atoms with Crippen LogP contribution in [0.25, 0.3) is 0 Å². The van der Waals surface area contributed by atoms with Gasteiger partial charge in [0.1, 0.15) is 0 Å². The third kappa shape index (κ3) is 1.37. The van der Waals surface area contributed by atoms with Gasteiger partial charge in [0.2, 0.25) is 0 Å². The molecular weight excluding hydrogens is 198 g/mol. The summed E-state index contributed by atoms with van der Waals surface area (Å²) in [4.78, 5) is 22.0. The summed E-state index contributed by atoms with van der Waals surface area (Å²) in [6.07, 6.45) is -0.629. The second kappa shape index (κ2) is 3.06. The first-order chi connectivity index (χ1) is 7.04. The highest BCUT2D eigenvalue weighted by atomic mass is 16.4. The van der Waals surface area contributed by atoms with Gasteiger partial charge >= 0.3 is 5.97 Å². The van der Waals surface area contributed by atoms with Gasteiger partial charge in [-0.1, -0.05) is 18.2 Å². The minimum absolute atomic E-state index is 0.317. The molecule has 78 valence electrons. The zero-order valence-corrected chi connectivity index (χ0v) is 7.73. The van der Waals surface area contributed by atoms with Gasteiger partial charge in [-0.3, -0.25) is 9.59 Å². The zero-order valence-electron chi connectivity index (χ0n) is 7.73. The maximum absolute atomic E-state index is 11.5. The van der Waals surface area contributed by atoms with E-state index in [1.165, 1.54) is 6.07 Å². The van der Waals surface area contributed by atoms with Crippen LogP contribution >= 0.6 is 0 Å². The smallest absolute Gasteiger partial charge is 0.307 e. The number of carboxylic acid groups (broad SMARTS) is 1. The summed E-state index contributed by atoms with van der Waals surface area (Å²) in [6, 6.07) is 6.50. The molecule has 15 heavy (non-hydrogen) atoms. The average molecular weight is 207 g/mol. The molecule has 0 aromatic heterocycles. The number of carbonyl (C=O) groups is 2. The first kappa shape index (κ1) is 9.67. The van der Waals surface area contributed by atoms with Gasteiger partial charge in [-0.05, 0) is 6.07 Å². The molecule has 0 bridgehead atoms. The highest BCUT2D eigenvalue weighted by Crippen LogP contribution is 2.37. The number of para-hydroxylation sites is 1. The number of anilines is 1. The van der Waals surface area contributed by atoms with E-state index in [1.54, 1.807) is 18.2 Å². The van der Waals surface area contributed by atoms with Crippen LogP contribution in [0.1, 0.15) is 12.0 Å². The SMILES string of the molecule is O=C(O)C[C@@]1(O)C(=O)Nc2ccccc21. The molecule has 0 saturated heterocycles. The van der Waals surface area contributed by atoms with Crippen molar-refractivity contribution in [1.29, 1.82) is 0 Å². The lowest BCUT2D eigenvalue weighted by atomic mass is 9.92. The van der Waals surface area contributed by atoms with Crippen molar-refractivity contribution in [2.75, 3.05) is 5.32 Å². The number of benzene rings is 1. The number of aliphatic hydroxyl groups is 1. The molecule has 0 radical (unpaired) electrons. The molecule has 1 amide bonds. The Morgan fingerprint density at radius 1 is 1.40 bits per heavy atom. The summed E-state index contributed by atoms with van der Waals surface area (Å²) in [7, 11) is 0. The number of hydrogen-bond donors (Lipinski definition) is 3. The fraction of sp³-hybridized carbons (Fsp3) is 0.200. The molecule has 3 N–H and O–H groups in total. The zero-order chi connectivity index (χ0) is 11.1. The van der Waals surface area contributed by atoms with Gasteiger partial charge in [0.25, 0.3) is 5.91 Å². The van der Waals surface area contributed by atoms with E-state index in [0.29, 0.717) is 11.3 Å². The second-order valence-corrected chi connectivity index (χ2v) is 3.43.